The number of methoxy groups -OCH3 is 1. The van der Waals surface area contributed by atoms with E-state index >= 15 is 0 Å². The summed E-state index contributed by atoms with van der Waals surface area (Å²) in [6.07, 6.45) is 1.24. The zero-order valence-corrected chi connectivity index (χ0v) is 9.14. The Morgan fingerprint density at radius 2 is 2.00 bits per heavy atom. The second-order valence-electron chi connectivity index (χ2n) is 4.30. The number of ether oxygens (including phenoxy) is 1. The number of hydrogen-bond acceptors (Lipinski definition) is 3. The van der Waals surface area contributed by atoms with E-state index < -0.39 is 5.97 Å². The quantitative estimate of drug-likeness (QED) is 0.475. The van der Waals surface area contributed by atoms with E-state index in [0.717, 1.165) is 12.0 Å². The van der Waals surface area contributed by atoms with Gasteiger partial charge in [-0.1, -0.05) is 13.8 Å². The third-order valence-corrected chi connectivity index (χ3v) is 3.04. The molecule has 0 aliphatic heterocycles. The molecule has 3 nitrogen and oxygen atoms in total. The summed E-state index contributed by atoms with van der Waals surface area (Å²) < 4.78 is 4.61. The fourth-order valence-corrected chi connectivity index (χ4v) is 1.66. The first-order valence-electron chi connectivity index (χ1n) is 4.73. The molecule has 1 aliphatic rings. The predicted octanol–water partition coefficient (Wildman–Crippen LogP) is 1.86. The predicted molar refractivity (Wildman–Crippen MR) is 52.7 cm³/mol. The summed E-state index contributed by atoms with van der Waals surface area (Å²) in [6, 6.07) is 0. The maximum Gasteiger partial charge on any atom is 0.341 e. The van der Waals surface area contributed by atoms with Crippen molar-refractivity contribution in [3.8, 4) is 0 Å². The average molecular weight is 196 g/mol. The lowest BCUT2D eigenvalue weighted by Crippen LogP contribution is -2.29. The Balaban J connectivity index is 3.19. The zero-order valence-electron chi connectivity index (χ0n) is 9.14. The Labute approximate surface area is 84.1 Å². The molecule has 3 heteroatoms. The highest BCUT2D eigenvalue weighted by Gasteiger charge is 2.35. The Bertz CT molecular complexity index is 310. The van der Waals surface area contributed by atoms with Crippen molar-refractivity contribution in [1.29, 1.82) is 0 Å². The second-order valence-corrected chi connectivity index (χ2v) is 4.30. The largest absolute Gasteiger partial charge is 0.465 e. The third-order valence-electron chi connectivity index (χ3n) is 3.04. The lowest BCUT2D eigenvalue weighted by molar-refractivity contribution is -0.138. The number of Topliss-reactive ketones (excluding diaryl/α,β-unsaturated/α-hetero) is 1. The molecule has 78 valence electrons. The fraction of sp³-hybridized carbons (Fsp3) is 0.636. The van der Waals surface area contributed by atoms with E-state index in [1.54, 1.807) is 0 Å². The molecule has 0 amide bonds. The molecule has 0 unspecified atom stereocenters. The maximum absolute atomic E-state index is 11.5. The number of esters is 1. The van der Waals surface area contributed by atoms with E-state index in [9.17, 15) is 9.59 Å². The summed E-state index contributed by atoms with van der Waals surface area (Å²) in [6.45, 7) is 5.92. The summed E-state index contributed by atoms with van der Waals surface area (Å²) in [4.78, 5) is 22.9. The molecular weight excluding hydrogens is 180 g/mol. The molecule has 0 aromatic rings. The van der Waals surface area contributed by atoms with Crippen LogP contribution in [0.15, 0.2) is 11.1 Å². The van der Waals surface area contributed by atoms with Gasteiger partial charge in [0, 0.05) is 6.42 Å². The molecule has 0 N–H and O–H groups in total. The maximum atomic E-state index is 11.5. The topological polar surface area (TPSA) is 43.4 Å². The van der Waals surface area contributed by atoms with Crippen LogP contribution in [0, 0.1) is 5.41 Å². The van der Waals surface area contributed by atoms with E-state index in [1.807, 2.05) is 20.8 Å². The van der Waals surface area contributed by atoms with Gasteiger partial charge in [0.15, 0.2) is 5.78 Å². The van der Waals surface area contributed by atoms with E-state index in [4.69, 9.17) is 0 Å². The highest BCUT2D eigenvalue weighted by Crippen LogP contribution is 2.38. The number of hydrogen-bond donors (Lipinski definition) is 0. The van der Waals surface area contributed by atoms with Crippen LogP contribution in [0.3, 0.4) is 0 Å². The first-order chi connectivity index (χ1) is 6.40. The summed E-state index contributed by atoms with van der Waals surface area (Å²) in [5.41, 5.74) is 1.03. The minimum Gasteiger partial charge on any atom is -0.465 e. The average Bonchev–Trinajstić information content (AvgIpc) is 2.13. The molecule has 0 atom stereocenters. The molecule has 0 saturated heterocycles. The van der Waals surface area contributed by atoms with Crippen molar-refractivity contribution < 1.29 is 14.3 Å². The van der Waals surface area contributed by atoms with Crippen LogP contribution in [0.2, 0.25) is 0 Å². The van der Waals surface area contributed by atoms with Crippen LogP contribution in [0.5, 0.6) is 0 Å². The standard InChI is InChI=1S/C11H16O3/c1-7-9(10(13)14-4)8(12)5-6-11(7,2)3/h5-6H2,1-4H3. The first-order valence-corrected chi connectivity index (χ1v) is 4.73. The molecule has 1 aliphatic carbocycles. The van der Waals surface area contributed by atoms with Crippen molar-refractivity contribution in [2.24, 2.45) is 5.41 Å². The lowest BCUT2D eigenvalue weighted by atomic mass is 9.73. The molecule has 0 bridgehead atoms. The minimum atomic E-state index is -0.500. The van der Waals surface area contributed by atoms with Gasteiger partial charge in [-0.15, -0.1) is 0 Å². The van der Waals surface area contributed by atoms with Crippen LogP contribution in [-0.2, 0) is 14.3 Å². The number of rotatable bonds is 1. The number of carbonyl (C=O) groups excluding carboxylic acids is 2. The van der Waals surface area contributed by atoms with Crippen molar-refractivity contribution >= 4 is 11.8 Å². The van der Waals surface area contributed by atoms with Crippen molar-refractivity contribution in [2.75, 3.05) is 7.11 Å². The van der Waals surface area contributed by atoms with Gasteiger partial charge in [-0.25, -0.2) is 4.79 Å². The normalized spacial score (nSPS) is 21.0. The van der Waals surface area contributed by atoms with Crippen molar-refractivity contribution in [3.63, 3.8) is 0 Å². The van der Waals surface area contributed by atoms with E-state index in [-0.39, 0.29) is 16.8 Å². The highest BCUT2D eigenvalue weighted by atomic mass is 16.5. The van der Waals surface area contributed by atoms with Crippen LogP contribution in [0.4, 0.5) is 0 Å². The summed E-state index contributed by atoms with van der Waals surface area (Å²) in [5, 5.41) is 0. The van der Waals surface area contributed by atoms with Crippen molar-refractivity contribution in [2.45, 2.75) is 33.6 Å². The van der Waals surface area contributed by atoms with Crippen molar-refractivity contribution in [1.82, 2.24) is 0 Å². The van der Waals surface area contributed by atoms with Gasteiger partial charge in [-0.2, -0.15) is 0 Å². The zero-order chi connectivity index (χ0) is 10.9. The van der Waals surface area contributed by atoms with Crippen LogP contribution in [0.1, 0.15) is 33.6 Å². The van der Waals surface area contributed by atoms with E-state index in [2.05, 4.69) is 4.74 Å². The summed E-state index contributed by atoms with van der Waals surface area (Å²) in [5.74, 6) is -0.589. The lowest BCUT2D eigenvalue weighted by Gasteiger charge is -2.31. The van der Waals surface area contributed by atoms with Gasteiger partial charge in [-0.3, -0.25) is 4.79 Å². The molecule has 14 heavy (non-hydrogen) atoms. The molecule has 0 aromatic carbocycles. The number of ketones is 1. The van der Waals surface area contributed by atoms with Crippen LogP contribution in [-0.4, -0.2) is 18.9 Å². The van der Waals surface area contributed by atoms with Gasteiger partial charge in [0.25, 0.3) is 0 Å². The summed E-state index contributed by atoms with van der Waals surface area (Å²) in [7, 11) is 1.30. The van der Waals surface area contributed by atoms with Gasteiger partial charge < -0.3 is 4.74 Å². The van der Waals surface area contributed by atoms with E-state index in [0.29, 0.717) is 6.42 Å². The summed E-state index contributed by atoms with van der Waals surface area (Å²) >= 11 is 0. The Hall–Kier alpha value is -1.12. The van der Waals surface area contributed by atoms with Gasteiger partial charge in [0.2, 0.25) is 0 Å². The number of allylic oxidation sites excluding steroid dienone is 1. The fourth-order valence-electron chi connectivity index (χ4n) is 1.66. The minimum absolute atomic E-state index is 0.0720. The van der Waals surface area contributed by atoms with Crippen LogP contribution in [0.25, 0.3) is 0 Å². The highest BCUT2D eigenvalue weighted by molar-refractivity contribution is 6.18. The smallest absolute Gasteiger partial charge is 0.341 e. The Kier molecular flexibility index (Phi) is 2.79. The first kappa shape index (κ1) is 11.0. The van der Waals surface area contributed by atoms with Crippen LogP contribution >= 0.6 is 0 Å². The molecule has 0 radical (unpaired) electrons. The molecule has 0 saturated carbocycles. The van der Waals surface area contributed by atoms with Crippen LogP contribution < -0.4 is 0 Å². The third kappa shape index (κ3) is 1.72. The van der Waals surface area contributed by atoms with Gasteiger partial charge in [-0.05, 0) is 24.3 Å². The monoisotopic (exact) mass is 196 g/mol. The van der Waals surface area contributed by atoms with Crippen molar-refractivity contribution in [3.05, 3.63) is 11.1 Å². The van der Waals surface area contributed by atoms with Gasteiger partial charge >= 0.3 is 5.97 Å². The Morgan fingerprint density at radius 1 is 1.43 bits per heavy atom. The molecular formula is C11H16O3. The molecule has 0 heterocycles. The van der Waals surface area contributed by atoms with Gasteiger partial charge in [0.1, 0.15) is 5.57 Å². The second kappa shape index (κ2) is 3.56. The molecule has 1 rings (SSSR count). The van der Waals surface area contributed by atoms with Gasteiger partial charge in [0.05, 0.1) is 7.11 Å². The molecule has 0 spiro atoms. The van der Waals surface area contributed by atoms with E-state index in [1.165, 1.54) is 7.11 Å². The molecule has 0 fully saturated rings. The number of carbonyl (C=O) groups is 2. The SMILES string of the molecule is COC(=O)C1=C(C)C(C)(C)CCC1=O. The molecule has 0 aromatic heterocycles. The Morgan fingerprint density at radius 3 is 2.50 bits per heavy atom.